The average Bonchev–Trinajstić information content (AvgIpc) is 2.32. The molecule has 0 unspecified atom stereocenters. The molecule has 2 N–H and O–H groups in total. The van der Waals surface area contributed by atoms with Crippen LogP contribution in [0.4, 0.5) is 0 Å². The first-order valence-corrected chi connectivity index (χ1v) is 5.31. The second kappa shape index (κ2) is 46.2. The van der Waals surface area contributed by atoms with Crippen LogP contribution < -0.4 is 0 Å². The molecule has 3 nitrogen and oxygen atoms in total. The van der Waals surface area contributed by atoms with Crippen LogP contribution >= 0.6 is 0 Å². The SMILES string of the molecule is C=CC.C=CC.C=CCOCC=C.OCCO. The normalized spacial score (nSPS) is 6.59. The van der Waals surface area contributed by atoms with Gasteiger partial charge in [-0.1, -0.05) is 24.3 Å². The largest absolute Gasteiger partial charge is 0.394 e. The van der Waals surface area contributed by atoms with Crippen molar-refractivity contribution in [1.29, 1.82) is 0 Å². The minimum atomic E-state index is -0.125. The summed E-state index contributed by atoms with van der Waals surface area (Å²) in [5.41, 5.74) is 0. The van der Waals surface area contributed by atoms with Gasteiger partial charge in [0.1, 0.15) is 0 Å². The number of hydrogen-bond donors (Lipinski definition) is 2. The molecule has 0 aliphatic rings. The Morgan fingerprint density at radius 2 is 1.06 bits per heavy atom. The van der Waals surface area contributed by atoms with Gasteiger partial charge in [0.25, 0.3) is 0 Å². The van der Waals surface area contributed by atoms with E-state index >= 15 is 0 Å². The Bertz CT molecular complexity index is 126. The predicted octanol–water partition coefficient (Wildman–Crippen LogP) is 2.73. The second-order valence-electron chi connectivity index (χ2n) is 2.38. The van der Waals surface area contributed by atoms with E-state index in [1.807, 2.05) is 13.8 Å². The summed E-state index contributed by atoms with van der Waals surface area (Å²) in [6.45, 7) is 18.4. The lowest BCUT2D eigenvalue weighted by Gasteiger charge is -1.89. The van der Waals surface area contributed by atoms with Crippen molar-refractivity contribution >= 4 is 0 Å². The summed E-state index contributed by atoms with van der Waals surface area (Å²) in [5.74, 6) is 0. The minimum Gasteiger partial charge on any atom is -0.394 e. The molecule has 0 radical (unpaired) electrons. The van der Waals surface area contributed by atoms with Crippen molar-refractivity contribution in [3.8, 4) is 0 Å². The maximum absolute atomic E-state index is 7.62. The zero-order valence-electron chi connectivity index (χ0n) is 11.3. The lowest BCUT2D eigenvalue weighted by atomic mass is 10.6. The number of allylic oxidation sites excluding steroid dienone is 2. The molecular weight excluding hydrogens is 216 g/mol. The van der Waals surface area contributed by atoms with Crippen LogP contribution in [-0.4, -0.2) is 36.6 Å². The molecule has 0 aromatic carbocycles. The van der Waals surface area contributed by atoms with Gasteiger partial charge in [0.2, 0.25) is 0 Å². The van der Waals surface area contributed by atoms with Gasteiger partial charge in [-0.05, 0) is 13.8 Å². The van der Waals surface area contributed by atoms with E-state index < -0.39 is 0 Å². The number of rotatable bonds is 5. The summed E-state index contributed by atoms with van der Waals surface area (Å²) in [4.78, 5) is 0. The Morgan fingerprint density at radius 1 is 0.824 bits per heavy atom. The highest BCUT2D eigenvalue weighted by Gasteiger charge is 1.70. The fourth-order valence-corrected chi connectivity index (χ4v) is 0.235. The summed E-state index contributed by atoms with van der Waals surface area (Å²) >= 11 is 0. The molecule has 0 atom stereocenters. The Morgan fingerprint density at radius 3 is 1.18 bits per heavy atom. The Hall–Kier alpha value is -1.16. The third-order valence-electron chi connectivity index (χ3n) is 0.571. The van der Waals surface area contributed by atoms with E-state index in [0.717, 1.165) is 0 Å². The second-order valence-corrected chi connectivity index (χ2v) is 2.38. The zero-order chi connectivity index (χ0) is 14.4. The highest BCUT2D eigenvalue weighted by atomic mass is 16.5. The van der Waals surface area contributed by atoms with Gasteiger partial charge in [-0.25, -0.2) is 0 Å². The maximum Gasteiger partial charge on any atom is 0.0662 e. The van der Waals surface area contributed by atoms with Gasteiger partial charge in [0.05, 0.1) is 26.4 Å². The minimum absolute atomic E-state index is 0.125. The summed E-state index contributed by atoms with van der Waals surface area (Å²) in [7, 11) is 0. The Labute approximate surface area is 106 Å². The van der Waals surface area contributed by atoms with E-state index in [0.29, 0.717) is 13.2 Å². The van der Waals surface area contributed by atoms with E-state index in [4.69, 9.17) is 14.9 Å². The van der Waals surface area contributed by atoms with Gasteiger partial charge in [0, 0.05) is 0 Å². The fourth-order valence-electron chi connectivity index (χ4n) is 0.235. The molecule has 0 aliphatic carbocycles. The average molecular weight is 244 g/mol. The van der Waals surface area contributed by atoms with Gasteiger partial charge in [-0.15, -0.1) is 26.3 Å². The summed E-state index contributed by atoms with van der Waals surface area (Å²) in [6.07, 6.45) is 6.92. The molecule has 0 saturated heterocycles. The van der Waals surface area contributed by atoms with Crippen LogP contribution in [0, 0.1) is 0 Å². The number of hydrogen-bond acceptors (Lipinski definition) is 3. The molecule has 17 heavy (non-hydrogen) atoms. The molecule has 0 heterocycles. The molecule has 0 aromatic heterocycles. The van der Waals surface area contributed by atoms with E-state index in [2.05, 4.69) is 26.3 Å². The maximum atomic E-state index is 7.62. The molecular formula is C14H28O3. The van der Waals surface area contributed by atoms with Crippen molar-refractivity contribution in [2.45, 2.75) is 13.8 Å². The van der Waals surface area contributed by atoms with Crippen LogP contribution in [0.25, 0.3) is 0 Å². The molecule has 0 aliphatic heterocycles. The zero-order valence-corrected chi connectivity index (χ0v) is 11.3. The van der Waals surface area contributed by atoms with Crippen LogP contribution in [0.15, 0.2) is 50.6 Å². The van der Waals surface area contributed by atoms with E-state index in [1.54, 1.807) is 24.3 Å². The predicted molar refractivity (Wildman–Crippen MR) is 77.1 cm³/mol. The standard InChI is InChI=1S/C6H10O.2C3H6.C2H6O2/c1-3-5-7-6-4-2;2*1-3-2;3-1-2-4/h3-4H,1-2,5-6H2;2*3H,1H2,2H3;3-4H,1-2H2. The lowest BCUT2D eigenvalue weighted by Crippen LogP contribution is -1.87. The third-order valence-corrected chi connectivity index (χ3v) is 0.571. The highest BCUT2D eigenvalue weighted by Crippen LogP contribution is 1.72. The fraction of sp³-hybridized carbons (Fsp3) is 0.429. The van der Waals surface area contributed by atoms with E-state index in [9.17, 15) is 0 Å². The number of aliphatic hydroxyl groups excluding tert-OH is 2. The van der Waals surface area contributed by atoms with E-state index in [-0.39, 0.29) is 13.2 Å². The van der Waals surface area contributed by atoms with Crippen molar-refractivity contribution in [1.82, 2.24) is 0 Å². The third kappa shape index (κ3) is 166. The van der Waals surface area contributed by atoms with Gasteiger partial charge in [-0.2, -0.15) is 0 Å². The molecule has 3 heteroatoms. The topological polar surface area (TPSA) is 49.7 Å². The van der Waals surface area contributed by atoms with Gasteiger partial charge in [0.15, 0.2) is 0 Å². The van der Waals surface area contributed by atoms with Gasteiger partial charge in [-0.3, -0.25) is 0 Å². The monoisotopic (exact) mass is 244 g/mol. The molecule has 0 rings (SSSR count). The molecule has 0 spiro atoms. The van der Waals surface area contributed by atoms with Crippen molar-refractivity contribution in [2.24, 2.45) is 0 Å². The van der Waals surface area contributed by atoms with Crippen LogP contribution in [0.1, 0.15) is 13.8 Å². The van der Waals surface area contributed by atoms with Gasteiger partial charge >= 0.3 is 0 Å². The Kier molecular flexibility index (Phi) is 67.7. The first-order chi connectivity index (χ1) is 8.16. The van der Waals surface area contributed by atoms with Gasteiger partial charge < -0.3 is 14.9 Å². The van der Waals surface area contributed by atoms with Crippen molar-refractivity contribution in [3.63, 3.8) is 0 Å². The smallest absolute Gasteiger partial charge is 0.0662 e. The summed E-state index contributed by atoms with van der Waals surface area (Å²) in [6, 6.07) is 0. The van der Waals surface area contributed by atoms with Crippen molar-refractivity contribution in [2.75, 3.05) is 26.4 Å². The van der Waals surface area contributed by atoms with Crippen LogP contribution in [0.2, 0.25) is 0 Å². The van der Waals surface area contributed by atoms with Crippen LogP contribution in [0.3, 0.4) is 0 Å². The summed E-state index contributed by atoms with van der Waals surface area (Å²) < 4.78 is 4.90. The molecule has 0 bridgehead atoms. The molecule has 0 saturated carbocycles. The van der Waals surface area contributed by atoms with E-state index in [1.165, 1.54) is 0 Å². The number of ether oxygens (including phenoxy) is 1. The first-order valence-electron chi connectivity index (χ1n) is 5.31. The summed E-state index contributed by atoms with van der Waals surface area (Å²) in [5, 5.41) is 15.2. The first kappa shape index (κ1) is 24.9. The lowest BCUT2D eigenvalue weighted by molar-refractivity contribution is 0.186. The molecule has 0 amide bonds. The Balaban J connectivity index is -0.0000000726. The van der Waals surface area contributed by atoms with Crippen molar-refractivity contribution in [3.05, 3.63) is 50.6 Å². The van der Waals surface area contributed by atoms with Crippen LogP contribution in [0.5, 0.6) is 0 Å². The van der Waals surface area contributed by atoms with Crippen molar-refractivity contribution < 1.29 is 14.9 Å². The quantitative estimate of drug-likeness (QED) is 0.577. The molecule has 0 aromatic rings. The highest BCUT2D eigenvalue weighted by molar-refractivity contribution is 4.68. The molecule has 102 valence electrons. The molecule has 0 fully saturated rings. The van der Waals surface area contributed by atoms with Crippen LogP contribution in [-0.2, 0) is 4.74 Å². The number of aliphatic hydroxyl groups is 2.